The molecule has 0 heterocycles. The summed E-state index contributed by atoms with van der Waals surface area (Å²) in [4.78, 5) is 0. The molecule has 1 nitrogen and oxygen atoms in total. The summed E-state index contributed by atoms with van der Waals surface area (Å²) < 4.78 is 4.36. The van der Waals surface area contributed by atoms with Gasteiger partial charge in [0.1, 0.15) is 0 Å². The molecule has 2 fully saturated rings. The first kappa shape index (κ1) is 9.37. The third-order valence-electron chi connectivity index (χ3n) is 2.83. The highest BCUT2D eigenvalue weighted by Gasteiger charge is 2.30. The Kier molecular flexibility index (Phi) is 3.92. The molecule has 0 aromatic heterocycles. The van der Waals surface area contributed by atoms with E-state index < -0.39 is 0 Å². The van der Waals surface area contributed by atoms with Crippen LogP contribution in [0.5, 0.6) is 0 Å². The average Bonchev–Trinajstić information content (AvgIpc) is 2.69. The zero-order valence-electron chi connectivity index (χ0n) is 7.67. The van der Waals surface area contributed by atoms with E-state index in [2.05, 4.69) is 17.9 Å². The van der Waals surface area contributed by atoms with Crippen LogP contribution < -0.4 is 0 Å². The quantitative estimate of drug-likeness (QED) is 0.570. The van der Waals surface area contributed by atoms with E-state index in [0.29, 0.717) is 0 Å². The molecule has 2 aliphatic rings. The number of hydrogen-bond acceptors (Lipinski definition) is 1. The first-order chi connectivity index (χ1) is 5.86. The van der Waals surface area contributed by atoms with Gasteiger partial charge in [0.25, 0.3) is 0 Å². The summed E-state index contributed by atoms with van der Waals surface area (Å²) in [5, 5.41) is 0. The van der Waals surface area contributed by atoms with Crippen molar-refractivity contribution in [3.8, 4) is 0 Å². The Morgan fingerprint density at radius 3 is 1.42 bits per heavy atom. The molecular weight excluding hydrogens is 148 g/mol. The zero-order chi connectivity index (χ0) is 8.81. The lowest BCUT2D eigenvalue weighted by molar-refractivity contribution is 0.406. The fourth-order valence-corrected chi connectivity index (χ4v) is 2.24. The summed E-state index contributed by atoms with van der Waals surface area (Å²) in [7, 11) is 0. The van der Waals surface area contributed by atoms with Gasteiger partial charge in [0, 0.05) is 0 Å². The average molecular weight is 166 g/mol. The van der Waals surface area contributed by atoms with E-state index in [-0.39, 0.29) is 0 Å². The minimum atomic E-state index is 1.17. The Balaban J connectivity index is 0.000000130. The molecule has 2 bridgehead atoms. The topological polar surface area (TPSA) is 9.23 Å². The SMILES string of the molecule is C1CC2CCC1C2.C=COC=C. The fourth-order valence-electron chi connectivity index (χ4n) is 2.24. The lowest BCUT2D eigenvalue weighted by Gasteiger charge is -2.05. The predicted molar refractivity (Wildman–Crippen MR) is 51.5 cm³/mol. The molecule has 0 N–H and O–H groups in total. The minimum Gasteiger partial charge on any atom is -0.474 e. The van der Waals surface area contributed by atoms with Gasteiger partial charge in [0.2, 0.25) is 0 Å². The van der Waals surface area contributed by atoms with Crippen LogP contribution in [0.25, 0.3) is 0 Å². The van der Waals surface area contributed by atoms with Crippen LogP contribution in [-0.4, -0.2) is 0 Å². The van der Waals surface area contributed by atoms with Gasteiger partial charge in [-0.2, -0.15) is 0 Å². The van der Waals surface area contributed by atoms with E-state index in [9.17, 15) is 0 Å². The molecule has 1 heteroatoms. The normalized spacial score (nSPS) is 30.3. The molecule has 0 aliphatic heterocycles. The summed E-state index contributed by atoms with van der Waals surface area (Å²) in [6.45, 7) is 6.51. The maximum absolute atomic E-state index is 4.36. The van der Waals surface area contributed by atoms with Crippen LogP contribution in [0.4, 0.5) is 0 Å². The molecule has 2 aliphatic carbocycles. The molecule has 0 atom stereocenters. The maximum atomic E-state index is 4.36. The molecule has 0 saturated heterocycles. The molecular formula is C11H18O. The number of hydrogen-bond donors (Lipinski definition) is 0. The summed E-state index contributed by atoms with van der Waals surface area (Å²) in [5.41, 5.74) is 0. The van der Waals surface area contributed by atoms with Gasteiger partial charge in [-0.25, -0.2) is 0 Å². The van der Waals surface area contributed by atoms with Gasteiger partial charge in [0.05, 0.1) is 12.5 Å². The van der Waals surface area contributed by atoms with Crippen LogP contribution in [0, 0.1) is 11.8 Å². The smallest absolute Gasteiger partial charge is 0.0829 e. The van der Waals surface area contributed by atoms with Gasteiger partial charge < -0.3 is 4.74 Å². The number of fused-ring (bicyclic) bond motifs is 2. The molecule has 0 amide bonds. The van der Waals surface area contributed by atoms with Gasteiger partial charge in [0.15, 0.2) is 0 Å². The van der Waals surface area contributed by atoms with Crippen LogP contribution in [-0.2, 0) is 4.74 Å². The lowest BCUT2D eigenvalue weighted by Crippen LogP contribution is -1.90. The molecule has 0 aromatic carbocycles. The number of ether oxygens (including phenoxy) is 1. The Bertz CT molecular complexity index is 127. The van der Waals surface area contributed by atoms with Gasteiger partial charge >= 0.3 is 0 Å². The lowest BCUT2D eigenvalue weighted by atomic mass is 10.0. The Labute approximate surface area is 75.1 Å². The minimum absolute atomic E-state index is 1.17. The molecule has 2 rings (SSSR count). The van der Waals surface area contributed by atoms with Crippen molar-refractivity contribution >= 4 is 0 Å². The Hall–Kier alpha value is -0.720. The molecule has 0 radical (unpaired) electrons. The molecule has 2 saturated carbocycles. The third-order valence-corrected chi connectivity index (χ3v) is 2.83. The highest BCUT2D eigenvalue weighted by Crippen LogP contribution is 2.43. The first-order valence-corrected chi connectivity index (χ1v) is 4.74. The number of rotatable bonds is 2. The second-order valence-corrected chi connectivity index (χ2v) is 3.59. The Morgan fingerprint density at radius 2 is 1.33 bits per heavy atom. The van der Waals surface area contributed by atoms with E-state index in [4.69, 9.17) is 0 Å². The highest BCUT2D eigenvalue weighted by molar-refractivity contribution is 4.82. The van der Waals surface area contributed by atoms with Crippen molar-refractivity contribution in [2.45, 2.75) is 32.1 Å². The van der Waals surface area contributed by atoms with E-state index >= 15 is 0 Å². The van der Waals surface area contributed by atoms with Crippen LogP contribution >= 0.6 is 0 Å². The standard InChI is InChI=1S/C7H12.C4H6O/c1-2-7-4-3-6(1)5-7;1-3-5-4-2/h6-7H,1-5H2;3-4H,1-2H2. The van der Waals surface area contributed by atoms with Crippen molar-refractivity contribution in [3.63, 3.8) is 0 Å². The third kappa shape index (κ3) is 2.72. The molecule has 0 spiro atoms. The second kappa shape index (κ2) is 5.02. The molecule has 12 heavy (non-hydrogen) atoms. The van der Waals surface area contributed by atoms with Gasteiger partial charge in [-0.3, -0.25) is 0 Å². The van der Waals surface area contributed by atoms with Crippen LogP contribution in [0.15, 0.2) is 25.7 Å². The van der Waals surface area contributed by atoms with E-state index in [0.717, 1.165) is 0 Å². The van der Waals surface area contributed by atoms with Crippen molar-refractivity contribution in [1.82, 2.24) is 0 Å². The van der Waals surface area contributed by atoms with Gasteiger partial charge in [-0.05, 0) is 18.3 Å². The summed E-state index contributed by atoms with van der Waals surface area (Å²) in [5.74, 6) is 2.34. The Morgan fingerprint density at radius 1 is 0.917 bits per heavy atom. The van der Waals surface area contributed by atoms with Gasteiger partial charge in [-0.1, -0.05) is 38.8 Å². The summed E-state index contributed by atoms with van der Waals surface area (Å²) in [6.07, 6.45) is 10.4. The summed E-state index contributed by atoms with van der Waals surface area (Å²) in [6, 6.07) is 0. The molecule has 0 unspecified atom stereocenters. The summed E-state index contributed by atoms with van der Waals surface area (Å²) >= 11 is 0. The highest BCUT2D eigenvalue weighted by atomic mass is 16.5. The van der Waals surface area contributed by atoms with Crippen molar-refractivity contribution in [1.29, 1.82) is 0 Å². The van der Waals surface area contributed by atoms with Crippen LogP contribution in [0.3, 0.4) is 0 Å². The van der Waals surface area contributed by atoms with E-state index in [1.165, 1.54) is 24.4 Å². The predicted octanol–water partition coefficient (Wildman–Crippen LogP) is 3.49. The van der Waals surface area contributed by atoms with Crippen LogP contribution in [0.2, 0.25) is 0 Å². The first-order valence-electron chi connectivity index (χ1n) is 4.74. The van der Waals surface area contributed by atoms with E-state index in [1.807, 2.05) is 0 Å². The maximum Gasteiger partial charge on any atom is 0.0829 e. The zero-order valence-corrected chi connectivity index (χ0v) is 7.67. The molecule has 0 aromatic rings. The molecule has 68 valence electrons. The van der Waals surface area contributed by atoms with Gasteiger partial charge in [-0.15, -0.1) is 0 Å². The van der Waals surface area contributed by atoms with E-state index in [1.54, 1.807) is 32.1 Å². The van der Waals surface area contributed by atoms with Crippen molar-refractivity contribution in [2.75, 3.05) is 0 Å². The monoisotopic (exact) mass is 166 g/mol. The second-order valence-electron chi connectivity index (χ2n) is 3.59. The fraction of sp³-hybridized carbons (Fsp3) is 0.636. The van der Waals surface area contributed by atoms with Crippen molar-refractivity contribution in [3.05, 3.63) is 25.7 Å². The van der Waals surface area contributed by atoms with Crippen molar-refractivity contribution < 1.29 is 4.74 Å². The van der Waals surface area contributed by atoms with Crippen LogP contribution in [0.1, 0.15) is 32.1 Å². The largest absolute Gasteiger partial charge is 0.474 e. The van der Waals surface area contributed by atoms with Crippen molar-refractivity contribution in [2.24, 2.45) is 11.8 Å².